The van der Waals surface area contributed by atoms with E-state index in [9.17, 15) is 15.2 Å². The van der Waals surface area contributed by atoms with E-state index < -0.39 is 4.92 Å². The zero-order valence-corrected chi connectivity index (χ0v) is 10.2. The van der Waals surface area contributed by atoms with E-state index in [-0.39, 0.29) is 12.5 Å². The van der Waals surface area contributed by atoms with Crippen LogP contribution in [-0.2, 0) is 6.54 Å². The monoisotopic (exact) mass is 254 g/mol. The molecule has 0 radical (unpaired) electrons. The van der Waals surface area contributed by atoms with Crippen molar-refractivity contribution in [2.24, 2.45) is 11.8 Å². The molecule has 0 bridgehead atoms. The van der Waals surface area contributed by atoms with E-state index in [2.05, 4.69) is 5.32 Å². The van der Waals surface area contributed by atoms with Crippen LogP contribution in [0.3, 0.4) is 0 Å². The van der Waals surface area contributed by atoms with Gasteiger partial charge in [-0.2, -0.15) is 0 Å². The Balaban J connectivity index is 1.76. The number of aliphatic hydroxyl groups excluding tert-OH is 1. The van der Waals surface area contributed by atoms with Crippen molar-refractivity contribution in [1.82, 2.24) is 5.32 Å². The third-order valence-electron chi connectivity index (χ3n) is 3.58. The van der Waals surface area contributed by atoms with Crippen LogP contribution in [-0.4, -0.2) is 23.2 Å². The molecule has 1 aromatic rings. The Morgan fingerprint density at radius 2 is 2.22 bits per heavy atom. The summed E-state index contributed by atoms with van der Waals surface area (Å²) in [6.45, 7) is 1.56. The van der Waals surface area contributed by atoms with Crippen LogP contribution in [0.25, 0.3) is 0 Å². The summed E-state index contributed by atoms with van der Waals surface area (Å²) in [6, 6.07) is 2.98. The lowest BCUT2D eigenvalue weighted by Gasteiger charge is -2.17. The Morgan fingerprint density at radius 1 is 1.44 bits per heavy atom. The molecule has 1 aliphatic carbocycles. The number of aliphatic hydroxyl groups is 1. The van der Waals surface area contributed by atoms with Crippen molar-refractivity contribution in [2.75, 3.05) is 13.2 Å². The molecule has 0 amide bonds. The van der Waals surface area contributed by atoms with Crippen molar-refractivity contribution in [3.8, 4) is 0 Å². The van der Waals surface area contributed by atoms with Gasteiger partial charge in [0.05, 0.1) is 12.6 Å². The molecule has 0 saturated heterocycles. The van der Waals surface area contributed by atoms with Gasteiger partial charge in [-0.15, -0.1) is 0 Å². The minimum Gasteiger partial charge on any atom is -0.404 e. The van der Waals surface area contributed by atoms with Gasteiger partial charge in [-0.25, -0.2) is 0 Å². The predicted molar refractivity (Wildman–Crippen MR) is 65.0 cm³/mol. The molecule has 2 atom stereocenters. The maximum Gasteiger partial charge on any atom is 0.433 e. The van der Waals surface area contributed by atoms with Gasteiger partial charge in [-0.3, -0.25) is 10.1 Å². The minimum absolute atomic E-state index is 0.221. The molecule has 1 saturated carbocycles. The van der Waals surface area contributed by atoms with Gasteiger partial charge in [0.1, 0.15) is 10.7 Å². The Hall–Kier alpha value is -1.40. The normalized spacial score (nSPS) is 23.4. The second-order valence-electron chi connectivity index (χ2n) is 4.76. The fraction of sp³-hybridized carbons (Fsp3) is 0.667. The molecular weight excluding hydrogens is 236 g/mol. The van der Waals surface area contributed by atoms with Gasteiger partial charge in [-0.1, -0.05) is 6.42 Å². The standard InChI is InChI=1S/C12H18N2O4/c15-8-10-3-1-2-9(10)6-13-7-11-4-5-12(18-11)14(16)17/h4-5,9-10,13,15H,1-3,6-8H2. The first-order chi connectivity index (χ1) is 8.70. The molecular formula is C12H18N2O4. The van der Waals surface area contributed by atoms with Crippen molar-refractivity contribution in [1.29, 1.82) is 0 Å². The van der Waals surface area contributed by atoms with Crippen LogP contribution >= 0.6 is 0 Å². The second kappa shape index (κ2) is 5.97. The number of hydrogen-bond donors (Lipinski definition) is 2. The lowest BCUT2D eigenvalue weighted by Crippen LogP contribution is -2.26. The van der Waals surface area contributed by atoms with Crippen LogP contribution in [0.2, 0.25) is 0 Å². The molecule has 1 aliphatic rings. The topological polar surface area (TPSA) is 88.5 Å². The van der Waals surface area contributed by atoms with Crippen LogP contribution in [0.5, 0.6) is 0 Å². The van der Waals surface area contributed by atoms with Gasteiger partial charge >= 0.3 is 5.88 Å². The zero-order valence-electron chi connectivity index (χ0n) is 10.2. The number of furan rings is 1. The molecule has 6 nitrogen and oxygen atoms in total. The summed E-state index contributed by atoms with van der Waals surface area (Å²) in [4.78, 5) is 9.90. The molecule has 1 fully saturated rings. The summed E-state index contributed by atoms with van der Waals surface area (Å²) in [5.74, 6) is 1.24. The van der Waals surface area contributed by atoms with E-state index in [0.29, 0.717) is 24.1 Å². The highest BCUT2D eigenvalue weighted by Gasteiger charge is 2.26. The van der Waals surface area contributed by atoms with Crippen LogP contribution in [0.4, 0.5) is 5.88 Å². The van der Waals surface area contributed by atoms with E-state index in [1.54, 1.807) is 6.07 Å². The fourth-order valence-corrected chi connectivity index (χ4v) is 2.56. The molecule has 0 spiro atoms. The zero-order chi connectivity index (χ0) is 13.0. The maximum atomic E-state index is 10.4. The highest BCUT2D eigenvalue weighted by atomic mass is 16.6. The molecule has 2 unspecified atom stereocenters. The third-order valence-corrected chi connectivity index (χ3v) is 3.58. The predicted octanol–water partition coefficient (Wildman–Crippen LogP) is 1.69. The molecule has 100 valence electrons. The second-order valence-corrected chi connectivity index (χ2v) is 4.76. The van der Waals surface area contributed by atoms with Crippen LogP contribution in [0, 0.1) is 22.0 Å². The van der Waals surface area contributed by atoms with E-state index in [0.717, 1.165) is 19.4 Å². The Kier molecular flexibility index (Phi) is 4.33. The molecule has 0 aromatic carbocycles. The first-order valence-corrected chi connectivity index (χ1v) is 6.25. The molecule has 2 rings (SSSR count). The van der Waals surface area contributed by atoms with Gasteiger partial charge in [0.15, 0.2) is 0 Å². The van der Waals surface area contributed by atoms with Gasteiger partial charge in [0, 0.05) is 6.61 Å². The van der Waals surface area contributed by atoms with Gasteiger partial charge in [0.2, 0.25) is 0 Å². The summed E-state index contributed by atoms with van der Waals surface area (Å²) >= 11 is 0. The number of nitro groups is 1. The summed E-state index contributed by atoms with van der Waals surface area (Å²) < 4.78 is 5.05. The fourth-order valence-electron chi connectivity index (χ4n) is 2.56. The Labute approximate surface area is 105 Å². The first kappa shape index (κ1) is 13.0. The van der Waals surface area contributed by atoms with Crippen molar-refractivity contribution >= 4 is 5.88 Å². The summed E-state index contributed by atoms with van der Waals surface area (Å²) in [6.07, 6.45) is 3.40. The minimum atomic E-state index is -0.539. The van der Waals surface area contributed by atoms with Crippen LogP contribution < -0.4 is 5.32 Å². The van der Waals surface area contributed by atoms with Gasteiger partial charge in [-0.05, 0) is 37.3 Å². The average Bonchev–Trinajstić information content (AvgIpc) is 2.97. The smallest absolute Gasteiger partial charge is 0.404 e. The highest BCUT2D eigenvalue weighted by molar-refractivity contribution is 5.17. The van der Waals surface area contributed by atoms with E-state index in [1.807, 2.05) is 0 Å². The van der Waals surface area contributed by atoms with E-state index in [1.165, 1.54) is 12.5 Å². The Morgan fingerprint density at radius 3 is 2.89 bits per heavy atom. The van der Waals surface area contributed by atoms with Crippen molar-refractivity contribution in [2.45, 2.75) is 25.8 Å². The van der Waals surface area contributed by atoms with Crippen molar-refractivity contribution in [3.05, 3.63) is 28.0 Å². The highest BCUT2D eigenvalue weighted by Crippen LogP contribution is 2.30. The maximum absolute atomic E-state index is 10.4. The summed E-state index contributed by atoms with van der Waals surface area (Å²) in [7, 11) is 0. The number of nitrogens with zero attached hydrogens (tertiary/aromatic N) is 1. The van der Waals surface area contributed by atoms with Gasteiger partial charge < -0.3 is 14.8 Å². The van der Waals surface area contributed by atoms with E-state index in [4.69, 9.17) is 4.42 Å². The molecule has 0 aliphatic heterocycles. The number of hydrogen-bond acceptors (Lipinski definition) is 5. The number of rotatable bonds is 6. The molecule has 6 heteroatoms. The quantitative estimate of drug-likeness (QED) is 0.595. The first-order valence-electron chi connectivity index (χ1n) is 6.25. The van der Waals surface area contributed by atoms with E-state index >= 15 is 0 Å². The largest absolute Gasteiger partial charge is 0.433 e. The lowest BCUT2D eigenvalue weighted by atomic mass is 9.97. The summed E-state index contributed by atoms with van der Waals surface area (Å²) in [5.41, 5.74) is 0. The summed E-state index contributed by atoms with van der Waals surface area (Å²) in [5, 5.41) is 22.9. The van der Waals surface area contributed by atoms with Crippen LogP contribution in [0.1, 0.15) is 25.0 Å². The SMILES string of the molecule is O=[N+]([O-])c1ccc(CNCC2CCCC2CO)o1. The van der Waals surface area contributed by atoms with Crippen LogP contribution in [0.15, 0.2) is 16.5 Å². The lowest BCUT2D eigenvalue weighted by molar-refractivity contribution is -0.402. The van der Waals surface area contributed by atoms with Gasteiger partial charge in [0.25, 0.3) is 0 Å². The van der Waals surface area contributed by atoms with Crippen molar-refractivity contribution in [3.63, 3.8) is 0 Å². The molecule has 18 heavy (non-hydrogen) atoms. The number of nitrogens with one attached hydrogen (secondary N) is 1. The average molecular weight is 254 g/mol. The third kappa shape index (κ3) is 3.08. The molecule has 2 N–H and O–H groups in total. The molecule has 1 heterocycles. The van der Waals surface area contributed by atoms with Crippen molar-refractivity contribution < 1.29 is 14.4 Å². The Bertz CT molecular complexity index is 405. The molecule has 1 aromatic heterocycles.